The van der Waals surface area contributed by atoms with Crippen molar-refractivity contribution in [3.63, 3.8) is 0 Å². The average Bonchev–Trinajstić information content (AvgIpc) is 2.75. The molecule has 2 saturated heterocycles. The third-order valence-electron chi connectivity index (χ3n) is 3.47. The van der Waals surface area contributed by atoms with Crippen LogP contribution in [0.5, 0.6) is 0 Å². The van der Waals surface area contributed by atoms with Crippen molar-refractivity contribution in [2.45, 2.75) is 12.5 Å². The topological polar surface area (TPSA) is 30.3 Å². The van der Waals surface area contributed by atoms with Crippen molar-refractivity contribution in [3.8, 4) is 6.07 Å². The third kappa shape index (κ3) is 2.66. The van der Waals surface area contributed by atoms with E-state index < -0.39 is 0 Å². The SMILES string of the molecule is CN1CCN(C(C#N)C2CCSC2)CC1. The summed E-state index contributed by atoms with van der Waals surface area (Å²) in [6.45, 7) is 4.35. The van der Waals surface area contributed by atoms with Gasteiger partial charge in [-0.2, -0.15) is 17.0 Å². The van der Waals surface area contributed by atoms with Gasteiger partial charge in [-0.15, -0.1) is 0 Å². The Morgan fingerprint density at radius 2 is 2.07 bits per heavy atom. The Morgan fingerprint density at radius 1 is 1.33 bits per heavy atom. The molecule has 0 saturated carbocycles. The van der Waals surface area contributed by atoms with Crippen LogP contribution in [-0.4, -0.2) is 60.6 Å². The van der Waals surface area contributed by atoms with E-state index in [4.69, 9.17) is 0 Å². The summed E-state index contributed by atoms with van der Waals surface area (Å²) >= 11 is 2.00. The van der Waals surface area contributed by atoms with Gasteiger partial charge in [0.15, 0.2) is 0 Å². The first-order chi connectivity index (χ1) is 7.31. The predicted octanol–water partition coefficient (Wildman–Crippen LogP) is 0.879. The fourth-order valence-corrected chi connectivity index (χ4v) is 3.67. The van der Waals surface area contributed by atoms with Crippen LogP contribution in [0.1, 0.15) is 6.42 Å². The van der Waals surface area contributed by atoms with Gasteiger partial charge >= 0.3 is 0 Å². The molecule has 0 aromatic heterocycles. The summed E-state index contributed by atoms with van der Waals surface area (Å²) in [7, 11) is 2.16. The smallest absolute Gasteiger partial charge is 0.101 e. The number of nitrogens with zero attached hydrogens (tertiary/aromatic N) is 3. The molecule has 0 N–H and O–H groups in total. The zero-order valence-corrected chi connectivity index (χ0v) is 10.2. The largest absolute Gasteiger partial charge is 0.304 e. The van der Waals surface area contributed by atoms with Gasteiger partial charge in [0.1, 0.15) is 6.04 Å². The van der Waals surface area contributed by atoms with Gasteiger partial charge in [-0.1, -0.05) is 0 Å². The van der Waals surface area contributed by atoms with E-state index in [1.54, 1.807) is 0 Å². The summed E-state index contributed by atoms with van der Waals surface area (Å²) < 4.78 is 0. The summed E-state index contributed by atoms with van der Waals surface area (Å²) in [6, 6.07) is 2.70. The van der Waals surface area contributed by atoms with Gasteiger partial charge in [0.2, 0.25) is 0 Å². The lowest BCUT2D eigenvalue weighted by molar-refractivity contribution is 0.111. The average molecular weight is 225 g/mol. The van der Waals surface area contributed by atoms with Crippen LogP contribution >= 0.6 is 11.8 Å². The van der Waals surface area contributed by atoms with E-state index in [0.717, 1.165) is 26.2 Å². The lowest BCUT2D eigenvalue weighted by atomic mass is 9.98. The highest BCUT2D eigenvalue weighted by Crippen LogP contribution is 2.28. The second kappa shape index (κ2) is 5.20. The van der Waals surface area contributed by atoms with Crippen LogP contribution in [0.3, 0.4) is 0 Å². The third-order valence-corrected chi connectivity index (χ3v) is 4.66. The van der Waals surface area contributed by atoms with Gasteiger partial charge < -0.3 is 4.90 Å². The normalized spacial score (nSPS) is 31.3. The number of hydrogen-bond acceptors (Lipinski definition) is 4. The zero-order chi connectivity index (χ0) is 10.7. The Labute approximate surface area is 96.4 Å². The Kier molecular flexibility index (Phi) is 3.90. The second-order valence-corrected chi connectivity index (χ2v) is 5.69. The van der Waals surface area contributed by atoms with Crippen molar-refractivity contribution >= 4 is 11.8 Å². The molecule has 2 heterocycles. The van der Waals surface area contributed by atoms with Crippen molar-refractivity contribution in [3.05, 3.63) is 0 Å². The molecule has 2 fully saturated rings. The Bertz CT molecular complexity index is 237. The molecule has 0 amide bonds. The maximum Gasteiger partial charge on any atom is 0.101 e. The van der Waals surface area contributed by atoms with Gasteiger partial charge in [-0.25, -0.2) is 0 Å². The van der Waals surface area contributed by atoms with E-state index in [9.17, 15) is 5.26 Å². The molecule has 0 bridgehead atoms. The molecule has 0 aliphatic carbocycles. The van der Waals surface area contributed by atoms with Gasteiger partial charge in [0, 0.05) is 26.2 Å². The van der Waals surface area contributed by atoms with Crippen LogP contribution in [0.2, 0.25) is 0 Å². The highest BCUT2D eigenvalue weighted by atomic mass is 32.2. The van der Waals surface area contributed by atoms with Crippen molar-refractivity contribution < 1.29 is 0 Å². The number of rotatable bonds is 2. The Morgan fingerprint density at radius 3 is 2.60 bits per heavy atom. The first-order valence-corrected chi connectivity index (χ1v) is 6.86. The number of piperazine rings is 1. The highest BCUT2D eigenvalue weighted by molar-refractivity contribution is 7.99. The maximum atomic E-state index is 9.29. The van der Waals surface area contributed by atoms with E-state index >= 15 is 0 Å². The molecule has 2 unspecified atom stereocenters. The first kappa shape index (κ1) is 11.3. The van der Waals surface area contributed by atoms with Crippen LogP contribution in [0.15, 0.2) is 0 Å². The van der Waals surface area contributed by atoms with Crippen molar-refractivity contribution in [2.75, 3.05) is 44.7 Å². The molecule has 2 aliphatic heterocycles. The molecule has 0 radical (unpaired) electrons. The van der Waals surface area contributed by atoms with Crippen molar-refractivity contribution in [1.82, 2.24) is 9.80 Å². The number of nitriles is 1. The van der Waals surface area contributed by atoms with E-state index in [2.05, 4.69) is 22.9 Å². The van der Waals surface area contributed by atoms with Gasteiger partial charge in [0.05, 0.1) is 6.07 Å². The maximum absolute atomic E-state index is 9.29. The molecule has 0 spiro atoms. The Hall–Kier alpha value is -0.240. The minimum absolute atomic E-state index is 0.175. The first-order valence-electron chi connectivity index (χ1n) is 5.71. The summed E-state index contributed by atoms with van der Waals surface area (Å²) in [6.07, 6.45) is 1.23. The van der Waals surface area contributed by atoms with E-state index in [-0.39, 0.29) is 6.04 Å². The van der Waals surface area contributed by atoms with Gasteiger partial charge in [-0.05, 0) is 30.9 Å². The van der Waals surface area contributed by atoms with Crippen LogP contribution in [0.25, 0.3) is 0 Å². The minimum atomic E-state index is 0.175. The standard InChI is InChI=1S/C11H19N3S/c1-13-3-5-14(6-4-13)11(8-12)10-2-7-15-9-10/h10-11H,2-7,9H2,1H3. The summed E-state index contributed by atoms with van der Waals surface area (Å²) in [5.41, 5.74) is 0. The summed E-state index contributed by atoms with van der Waals surface area (Å²) in [5, 5.41) is 9.29. The molecule has 0 aromatic carbocycles. The van der Waals surface area contributed by atoms with Crippen LogP contribution < -0.4 is 0 Å². The second-order valence-electron chi connectivity index (χ2n) is 4.54. The molecule has 4 heteroatoms. The van der Waals surface area contributed by atoms with Crippen molar-refractivity contribution in [1.29, 1.82) is 5.26 Å². The monoisotopic (exact) mass is 225 g/mol. The van der Waals surface area contributed by atoms with Crippen LogP contribution in [0.4, 0.5) is 0 Å². The Balaban J connectivity index is 1.92. The lowest BCUT2D eigenvalue weighted by Gasteiger charge is -2.37. The molecular weight excluding hydrogens is 206 g/mol. The van der Waals surface area contributed by atoms with Gasteiger partial charge in [-0.3, -0.25) is 4.90 Å². The molecule has 15 heavy (non-hydrogen) atoms. The predicted molar refractivity (Wildman–Crippen MR) is 63.9 cm³/mol. The molecule has 3 nitrogen and oxygen atoms in total. The number of likely N-dealkylation sites (N-methyl/N-ethyl adjacent to an activating group) is 1. The van der Waals surface area contributed by atoms with E-state index in [1.165, 1.54) is 17.9 Å². The fraction of sp³-hybridized carbons (Fsp3) is 0.909. The molecule has 2 atom stereocenters. The zero-order valence-electron chi connectivity index (χ0n) is 9.35. The van der Waals surface area contributed by atoms with E-state index in [1.807, 2.05) is 11.8 Å². The van der Waals surface area contributed by atoms with Crippen LogP contribution in [-0.2, 0) is 0 Å². The summed E-state index contributed by atoms with van der Waals surface area (Å²) in [5.74, 6) is 3.05. The van der Waals surface area contributed by atoms with Crippen molar-refractivity contribution in [2.24, 2.45) is 5.92 Å². The molecule has 84 valence electrons. The molecule has 2 rings (SSSR count). The summed E-state index contributed by atoms with van der Waals surface area (Å²) in [4.78, 5) is 4.73. The fourth-order valence-electron chi connectivity index (χ4n) is 2.39. The highest BCUT2D eigenvalue weighted by Gasteiger charge is 2.31. The lowest BCUT2D eigenvalue weighted by Crippen LogP contribution is -2.50. The molecule has 2 aliphatic rings. The molecule has 0 aromatic rings. The molecular formula is C11H19N3S. The minimum Gasteiger partial charge on any atom is -0.304 e. The van der Waals surface area contributed by atoms with Gasteiger partial charge in [0.25, 0.3) is 0 Å². The quantitative estimate of drug-likeness (QED) is 0.698. The number of hydrogen-bond donors (Lipinski definition) is 0. The number of thioether (sulfide) groups is 1. The van der Waals surface area contributed by atoms with E-state index in [0.29, 0.717) is 5.92 Å². The van der Waals surface area contributed by atoms with Crippen LogP contribution in [0, 0.1) is 17.2 Å².